The Morgan fingerprint density at radius 1 is 1.10 bits per heavy atom. The van der Waals surface area contributed by atoms with Gasteiger partial charge < -0.3 is 0 Å². The van der Waals surface area contributed by atoms with Crippen molar-refractivity contribution < 1.29 is 0 Å². The van der Waals surface area contributed by atoms with Crippen LogP contribution in [0, 0.1) is 0 Å². The fourth-order valence-corrected chi connectivity index (χ4v) is 4.03. The summed E-state index contributed by atoms with van der Waals surface area (Å²) in [6.45, 7) is 0. The summed E-state index contributed by atoms with van der Waals surface area (Å²) in [4.78, 5) is 1.31. The van der Waals surface area contributed by atoms with E-state index in [-0.39, 0.29) is 6.04 Å². The maximum atomic E-state index is 5.80. The van der Waals surface area contributed by atoms with E-state index >= 15 is 0 Å². The van der Waals surface area contributed by atoms with E-state index in [9.17, 15) is 0 Å². The maximum absolute atomic E-state index is 5.80. The van der Waals surface area contributed by atoms with Crippen molar-refractivity contribution in [2.24, 2.45) is 5.84 Å². The van der Waals surface area contributed by atoms with E-state index in [1.54, 1.807) is 11.3 Å². The molecule has 3 N–H and O–H groups in total. The molecule has 0 spiro atoms. The topological polar surface area (TPSA) is 38.0 Å². The van der Waals surface area contributed by atoms with Crippen LogP contribution in [0.2, 0.25) is 0 Å². The number of fused-ring (bicyclic) bond motifs is 1. The Labute approximate surface area is 130 Å². The average Bonchev–Trinajstić information content (AvgIpc) is 2.89. The summed E-state index contributed by atoms with van der Waals surface area (Å²) < 4.78 is 1.16. The van der Waals surface area contributed by atoms with Crippen LogP contribution in [0.15, 0.2) is 58.4 Å². The molecule has 3 rings (SSSR count). The predicted octanol–water partition coefficient (Wildman–Crippen LogP) is 4.41. The van der Waals surface area contributed by atoms with Crippen LogP contribution in [0.25, 0.3) is 10.8 Å². The van der Waals surface area contributed by atoms with Crippen LogP contribution < -0.4 is 11.3 Å². The van der Waals surface area contributed by atoms with E-state index in [0.717, 1.165) is 10.9 Å². The number of nitrogens with two attached hydrogens (primary N) is 1. The van der Waals surface area contributed by atoms with E-state index < -0.39 is 0 Å². The molecule has 2 aromatic carbocycles. The highest BCUT2D eigenvalue weighted by molar-refractivity contribution is 9.10. The zero-order chi connectivity index (χ0) is 13.9. The van der Waals surface area contributed by atoms with Crippen molar-refractivity contribution in [1.29, 1.82) is 0 Å². The Bertz CT molecular complexity index is 718. The highest BCUT2D eigenvalue weighted by Gasteiger charge is 2.15. The second-order valence-electron chi connectivity index (χ2n) is 4.68. The Hall–Kier alpha value is -1.20. The lowest BCUT2D eigenvalue weighted by molar-refractivity contribution is 0.558. The molecule has 0 saturated carbocycles. The minimum absolute atomic E-state index is 0.107. The molecule has 4 heteroatoms. The van der Waals surface area contributed by atoms with Crippen molar-refractivity contribution in [3.8, 4) is 0 Å². The molecule has 3 aromatic rings. The van der Waals surface area contributed by atoms with E-state index in [0.29, 0.717) is 0 Å². The number of hydrogen-bond donors (Lipinski definition) is 2. The van der Waals surface area contributed by atoms with Crippen LogP contribution >= 0.6 is 27.3 Å². The monoisotopic (exact) mass is 346 g/mol. The molecule has 1 unspecified atom stereocenters. The molecule has 0 radical (unpaired) electrons. The van der Waals surface area contributed by atoms with Crippen molar-refractivity contribution in [3.63, 3.8) is 0 Å². The minimum Gasteiger partial charge on any atom is -0.271 e. The Morgan fingerprint density at radius 3 is 2.65 bits per heavy atom. The van der Waals surface area contributed by atoms with Crippen molar-refractivity contribution in [1.82, 2.24) is 5.43 Å². The van der Waals surface area contributed by atoms with Crippen LogP contribution in [0.4, 0.5) is 0 Å². The summed E-state index contributed by atoms with van der Waals surface area (Å²) in [7, 11) is 0. The average molecular weight is 347 g/mol. The number of rotatable bonds is 4. The van der Waals surface area contributed by atoms with Crippen LogP contribution in [0.1, 0.15) is 16.5 Å². The van der Waals surface area contributed by atoms with Gasteiger partial charge in [0.05, 0.1) is 6.04 Å². The number of benzene rings is 2. The molecule has 0 aliphatic rings. The first-order chi connectivity index (χ1) is 9.79. The summed E-state index contributed by atoms with van der Waals surface area (Å²) in [5, 5.41) is 4.59. The highest BCUT2D eigenvalue weighted by Crippen LogP contribution is 2.31. The second kappa shape index (κ2) is 6.06. The van der Waals surface area contributed by atoms with Crippen LogP contribution in [-0.2, 0) is 6.42 Å². The molecule has 1 heterocycles. The van der Waals surface area contributed by atoms with Gasteiger partial charge in [0.25, 0.3) is 0 Å². The second-order valence-corrected chi connectivity index (χ2v) is 6.54. The zero-order valence-electron chi connectivity index (χ0n) is 10.8. The lowest BCUT2D eigenvalue weighted by Crippen LogP contribution is -2.29. The van der Waals surface area contributed by atoms with Crippen LogP contribution in [-0.4, -0.2) is 0 Å². The van der Waals surface area contributed by atoms with Crippen molar-refractivity contribution in [2.75, 3.05) is 0 Å². The molecule has 0 amide bonds. The van der Waals surface area contributed by atoms with E-state index in [1.165, 1.54) is 21.2 Å². The third-order valence-corrected chi connectivity index (χ3v) is 5.43. The molecule has 0 fully saturated rings. The number of thiophene rings is 1. The Morgan fingerprint density at radius 2 is 1.90 bits per heavy atom. The molecule has 2 nitrogen and oxygen atoms in total. The van der Waals surface area contributed by atoms with Crippen LogP contribution in [0.5, 0.6) is 0 Å². The first-order valence-electron chi connectivity index (χ1n) is 6.45. The van der Waals surface area contributed by atoms with Gasteiger partial charge >= 0.3 is 0 Å². The highest BCUT2D eigenvalue weighted by atomic mass is 79.9. The van der Waals surface area contributed by atoms with Crippen molar-refractivity contribution in [2.45, 2.75) is 12.5 Å². The van der Waals surface area contributed by atoms with Gasteiger partial charge in [-0.05, 0) is 43.7 Å². The lowest BCUT2D eigenvalue weighted by atomic mass is 9.97. The molecule has 20 heavy (non-hydrogen) atoms. The van der Waals surface area contributed by atoms with Gasteiger partial charge in [0.15, 0.2) is 0 Å². The van der Waals surface area contributed by atoms with E-state index in [1.807, 2.05) is 0 Å². The van der Waals surface area contributed by atoms with Gasteiger partial charge in [-0.3, -0.25) is 11.3 Å². The van der Waals surface area contributed by atoms with Gasteiger partial charge in [-0.1, -0.05) is 42.5 Å². The quantitative estimate of drug-likeness (QED) is 0.542. The summed E-state index contributed by atoms with van der Waals surface area (Å²) in [5.41, 5.74) is 4.20. The maximum Gasteiger partial charge on any atom is 0.0514 e. The summed E-state index contributed by atoms with van der Waals surface area (Å²) in [6, 6.07) is 17.0. The van der Waals surface area contributed by atoms with Crippen LogP contribution in [0.3, 0.4) is 0 Å². The van der Waals surface area contributed by atoms with E-state index in [4.69, 9.17) is 5.84 Å². The van der Waals surface area contributed by atoms with Gasteiger partial charge in [0.1, 0.15) is 0 Å². The Balaban J connectivity index is 2.01. The minimum atomic E-state index is 0.107. The predicted molar refractivity (Wildman–Crippen MR) is 89.7 cm³/mol. The first kappa shape index (κ1) is 13.8. The number of hydrogen-bond acceptors (Lipinski definition) is 3. The summed E-state index contributed by atoms with van der Waals surface area (Å²) in [5.74, 6) is 5.80. The Kier molecular flexibility index (Phi) is 4.17. The molecular formula is C16H15BrN2S. The third-order valence-electron chi connectivity index (χ3n) is 3.48. The fourth-order valence-electron chi connectivity index (χ4n) is 2.47. The summed E-state index contributed by atoms with van der Waals surface area (Å²) >= 11 is 5.34. The number of nitrogens with one attached hydrogen (secondary N) is 1. The molecule has 102 valence electrons. The molecule has 1 atom stereocenters. The molecule has 1 aromatic heterocycles. The van der Waals surface area contributed by atoms with Gasteiger partial charge in [0.2, 0.25) is 0 Å². The largest absolute Gasteiger partial charge is 0.271 e. The zero-order valence-corrected chi connectivity index (χ0v) is 13.2. The molecule has 0 saturated heterocycles. The lowest BCUT2D eigenvalue weighted by Gasteiger charge is -2.18. The standard InChI is InChI=1S/C16H15BrN2S/c17-14-8-9-20-16(14)10-15(19-18)13-7-3-5-11-4-1-2-6-12(11)13/h1-9,15,19H,10,18H2. The third kappa shape index (κ3) is 2.65. The molecule has 0 aliphatic heterocycles. The van der Waals surface area contributed by atoms with Crippen molar-refractivity contribution >= 4 is 38.0 Å². The van der Waals surface area contributed by atoms with Gasteiger partial charge in [-0.15, -0.1) is 11.3 Å². The van der Waals surface area contributed by atoms with Crippen molar-refractivity contribution in [3.05, 3.63) is 68.8 Å². The molecule has 0 aliphatic carbocycles. The molecular weight excluding hydrogens is 332 g/mol. The normalized spacial score (nSPS) is 12.7. The van der Waals surface area contributed by atoms with E-state index in [2.05, 4.69) is 75.3 Å². The smallest absolute Gasteiger partial charge is 0.0514 e. The fraction of sp³-hybridized carbons (Fsp3) is 0.125. The molecule has 0 bridgehead atoms. The first-order valence-corrected chi connectivity index (χ1v) is 8.12. The summed E-state index contributed by atoms with van der Waals surface area (Å²) in [6.07, 6.45) is 0.878. The SMILES string of the molecule is NNC(Cc1sccc1Br)c1cccc2ccccc12. The van der Waals surface area contributed by atoms with Gasteiger partial charge in [-0.2, -0.15) is 0 Å². The number of halogens is 1. The van der Waals surface area contributed by atoms with Gasteiger partial charge in [-0.25, -0.2) is 0 Å². The van der Waals surface area contributed by atoms with Gasteiger partial charge in [0, 0.05) is 15.8 Å². The number of hydrazine groups is 1.